The summed E-state index contributed by atoms with van der Waals surface area (Å²) in [7, 11) is 1.54. The van der Waals surface area contributed by atoms with Gasteiger partial charge < -0.3 is 14.5 Å². The van der Waals surface area contributed by atoms with Gasteiger partial charge in [0.2, 0.25) is 5.91 Å². The van der Waals surface area contributed by atoms with Gasteiger partial charge in [0.15, 0.2) is 0 Å². The summed E-state index contributed by atoms with van der Waals surface area (Å²) in [5, 5.41) is 0. The Morgan fingerprint density at radius 3 is 2.35 bits per heavy atom. The van der Waals surface area contributed by atoms with Crippen LogP contribution in [0.25, 0.3) is 0 Å². The molecule has 1 heterocycles. The second-order valence-corrected chi connectivity index (χ2v) is 6.43. The average molecular weight is 352 g/mol. The molecule has 0 aliphatic carbocycles. The summed E-state index contributed by atoms with van der Waals surface area (Å²) < 4.78 is 5.33. The van der Waals surface area contributed by atoms with Crippen LogP contribution in [0.3, 0.4) is 0 Å². The van der Waals surface area contributed by atoms with Crippen LogP contribution in [-0.4, -0.2) is 48.4 Å². The smallest absolute Gasteiger partial charge is 0.258 e. The van der Waals surface area contributed by atoms with Crippen LogP contribution < -0.4 is 4.74 Å². The van der Waals surface area contributed by atoms with Crippen molar-refractivity contribution < 1.29 is 14.3 Å². The van der Waals surface area contributed by atoms with E-state index < -0.39 is 0 Å². The van der Waals surface area contributed by atoms with E-state index in [9.17, 15) is 9.59 Å². The van der Waals surface area contributed by atoms with Crippen molar-refractivity contribution in [1.82, 2.24) is 9.80 Å². The first kappa shape index (κ1) is 18.0. The fourth-order valence-electron chi connectivity index (χ4n) is 3.22. The molecule has 26 heavy (non-hydrogen) atoms. The number of carbonyl (C=O) groups excluding carboxylic acids is 2. The number of benzene rings is 2. The third kappa shape index (κ3) is 4.23. The minimum Gasteiger partial charge on any atom is -0.496 e. The monoisotopic (exact) mass is 352 g/mol. The van der Waals surface area contributed by atoms with Crippen molar-refractivity contribution in [1.29, 1.82) is 0 Å². The zero-order valence-electron chi connectivity index (χ0n) is 15.1. The fraction of sp³-hybridized carbons (Fsp3) is 0.333. The van der Waals surface area contributed by atoms with Gasteiger partial charge in [-0.25, -0.2) is 0 Å². The number of rotatable bonds is 6. The van der Waals surface area contributed by atoms with Gasteiger partial charge in [-0.05, 0) is 30.5 Å². The molecule has 5 heteroatoms. The van der Waals surface area contributed by atoms with E-state index in [0.29, 0.717) is 17.9 Å². The molecule has 0 spiro atoms. The Hall–Kier alpha value is -2.82. The van der Waals surface area contributed by atoms with E-state index >= 15 is 0 Å². The molecule has 0 unspecified atom stereocenters. The molecule has 1 fully saturated rings. The molecule has 1 saturated heterocycles. The van der Waals surface area contributed by atoms with E-state index in [1.807, 2.05) is 41.3 Å². The standard InChI is InChI=1S/C21H24N2O3/c1-26-19-12-6-5-11-18(19)21(25)23(15-17-9-3-2-4-10-17)16-20(24)22-13-7-8-14-22/h2-6,9-12H,7-8,13-16H2,1H3. The first-order valence-corrected chi connectivity index (χ1v) is 8.93. The summed E-state index contributed by atoms with van der Waals surface area (Å²) in [6.45, 7) is 2.02. The van der Waals surface area contributed by atoms with Gasteiger partial charge in [0.1, 0.15) is 12.3 Å². The summed E-state index contributed by atoms with van der Waals surface area (Å²) in [6.07, 6.45) is 2.07. The molecule has 1 aliphatic rings. The van der Waals surface area contributed by atoms with Crippen LogP contribution in [0.2, 0.25) is 0 Å². The van der Waals surface area contributed by atoms with E-state index in [-0.39, 0.29) is 18.4 Å². The molecule has 0 saturated carbocycles. The van der Waals surface area contributed by atoms with Crippen LogP contribution in [0.15, 0.2) is 54.6 Å². The number of hydrogen-bond acceptors (Lipinski definition) is 3. The van der Waals surface area contributed by atoms with Crippen LogP contribution in [0.4, 0.5) is 0 Å². The molecule has 0 atom stereocenters. The predicted molar refractivity (Wildman–Crippen MR) is 100.0 cm³/mol. The SMILES string of the molecule is COc1ccccc1C(=O)N(CC(=O)N1CCCC1)Cc1ccccc1. The second kappa shape index (κ2) is 8.52. The molecule has 3 rings (SSSR count). The van der Waals surface area contributed by atoms with Crippen molar-refractivity contribution in [3.05, 3.63) is 65.7 Å². The van der Waals surface area contributed by atoms with Crippen molar-refractivity contribution >= 4 is 11.8 Å². The molecule has 0 bridgehead atoms. The van der Waals surface area contributed by atoms with E-state index in [0.717, 1.165) is 31.5 Å². The highest BCUT2D eigenvalue weighted by Crippen LogP contribution is 2.21. The molecule has 2 amide bonds. The first-order chi connectivity index (χ1) is 12.7. The van der Waals surface area contributed by atoms with Crippen LogP contribution in [0.5, 0.6) is 5.75 Å². The number of methoxy groups -OCH3 is 1. The lowest BCUT2D eigenvalue weighted by molar-refractivity contribution is -0.130. The highest BCUT2D eigenvalue weighted by molar-refractivity contribution is 5.98. The normalized spacial score (nSPS) is 13.5. The molecule has 0 radical (unpaired) electrons. The maximum Gasteiger partial charge on any atom is 0.258 e. The Morgan fingerprint density at radius 1 is 1.00 bits per heavy atom. The zero-order valence-corrected chi connectivity index (χ0v) is 15.1. The number of carbonyl (C=O) groups is 2. The fourth-order valence-corrected chi connectivity index (χ4v) is 3.22. The number of nitrogens with zero attached hydrogens (tertiary/aromatic N) is 2. The highest BCUT2D eigenvalue weighted by atomic mass is 16.5. The van der Waals surface area contributed by atoms with Gasteiger partial charge in [-0.2, -0.15) is 0 Å². The Balaban J connectivity index is 1.83. The number of hydrogen-bond donors (Lipinski definition) is 0. The summed E-state index contributed by atoms with van der Waals surface area (Å²) in [4.78, 5) is 29.2. The lowest BCUT2D eigenvalue weighted by Gasteiger charge is -2.26. The van der Waals surface area contributed by atoms with Crippen molar-refractivity contribution in [3.8, 4) is 5.75 Å². The molecule has 0 aromatic heterocycles. The summed E-state index contributed by atoms with van der Waals surface area (Å²) in [5.41, 5.74) is 1.46. The Labute approximate surface area is 154 Å². The van der Waals surface area contributed by atoms with E-state index in [1.165, 1.54) is 0 Å². The summed E-state index contributed by atoms with van der Waals surface area (Å²) in [5.74, 6) is 0.324. The second-order valence-electron chi connectivity index (χ2n) is 6.43. The van der Waals surface area contributed by atoms with Gasteiger partial charge in [0, 0.05) is 19.6 Å². The Bertz CT molecular complexity index is 755. The van der Waals surface area contributed by atoms with Crippen LogP contribution in [0, 0.1) is 0 Å². The quantitative estimate of drug-likeness (QED) is 0.803. The maximum absolute atomic E-state index is 13.2. The predicted octanol–water partition coefficient (Wildman–Crippen LogP) is 2.96. The number of likely N-dealkylation sites (tertiary alicyclic amines) is 1. The highest BCUT2D eigenvalue weighted by Gasteiger charge is 2.25. The number of ether oxygens (including phenoxy) is 1. The van der Waals surface area contributed by atoms with Crippen molar-refractivity contribution in [2.75, 3.05) is 26.7 Å². The first-order valence-electron chi connectivity index (χ1n) is 8.93. The van der Waals surface area contributed by atoms with Crippen molar-refractivity contribution in [2.45, 2.75) is 19.4 Å². The van der Waals surface area contributed by atoms with Gasteiger partial charge in [0.05, 0.1) is 12.7 Å². The zero-order chi connectivity index (χ0) is 18.4. The van der Waals surface area contributed by atoms with Crippen molar-refractivity contribution in [3.63, 3.8) is 0 Å². The molecule has 5 nitrogen and oxygen atoms in total. The largest absolute Gasteiger partial charge is 0.496 e. The van der Waals surface area contributed by atoms with Gasteiger partial charge in [-0.15, -0.1) is 0 Å². The van der Waals surface area contributed by atoms with Crippen LogP contribution in [0.1, 0.15) is 28.8 Å². The minimum atomic E-state index is -0.196. The lowest BCUT2D eigenvalue weighted by atomic mass is 10.1. The van der Waals surface area contributed by atoms with E-state index in [1.54, 1.807) is 30.2 Å². The number of amides is 2. The Kier molecular flexibility index (Phi) is 5.89. The number of para-hydroxylation sites is 1. The summed E-state index contributed by atoms with van der Waals surface area (Å²) >= 11 is 0. The Morgan fingerprint density at radius 2 is 1.65 bits per heavy atom. The van der Waals surface area contributed by atoms with Gasteiger partial charge in [-0.1, -0.05) is 42.5 Å². The third-order valence-corrected chi connectivity index (χ3v) is 4.63. The molecule has 136 valence electrons. The van der Waals surface area contributed by atoms with Gasteiger partial charge in [-0.3, -0.25) is 9.59 Å². The molecule has 2 aromatic rings. The lowest BCUT2D eigenvalue weighted by Crippen LogP contribution is -2.41. The van der Waals surface area contributed by atoms with Gasteiger partial charge in [0.25, 0.3) is 5.91 Å². The van der Waals surface area contributed by atoms with Gasteiger partial charge >= 0.3 is 0 Å². The summed E-state index contributed by atoms with van der Waals surface area (Å²) in [6, 6.07) is 16.9. The average Bonchev–Trinajstić information content (AvgIpc) is 3.22. The molecular formula is C21H24N2O3. The van der Waals surface area contributed by atoms with E-state index in [4.69, 9.17) is 4.74 Å². The van der Waals surface area contributed by atoms with Crippen molar-refractivity contribution in [2.24, 2.45) is 0 Å². The molecule has 0 N–H and O–H groups in total. The van der Waals surface area contributed by atoms with Crippen LogP contribution in [-0.2, 0) is 11.3 Å². The topological polar surface area (TPSA) is 49.9 Å². The molecule has 2 aromatic carbocycles. The molecular weight excluding hydrogens is 328 g/mol. The molecule has 1 aliphatic heterocycles. The third-order valence-electron chi connectivity index (χ3n) is 4.63. The maximum atomic E-state index is 13.2. The minimum absolute atomic E-state index is 0.00155. The van der Waals surface area contributed by atoms with E-state index in [2.05, 4.69) is 0 Å². The van der Waals surface area contributed by atoms with Crippen LogP contribution >= 0.6 is 0 Å².